The van der Waals surface area contributed by atoms with Crippen LogP contribution in [0.15, 0.2) is 33.3 Å². The van der Waals surface area contributed by atoms with Crippen LogP contribution in [0.25, 0.3) is 0 Å². The van der Waals surface area contributed by atoms with E-state index in [-0.39, 0.29) is 29.8 Å². The Hall–Kier alpha value is -2.22. The Morgan fingerprint density at radius 2 is 1.88 bits per heavy atom. The van der Waals surface area contributed by atoms with E-state index in [1.807, 2.05) is 0 Å². The molecule has 2 aromatic rings. The fourth-order valence-electron chi connectivity index (χ4n) is 2.90. The van der Waals surface area contributed by atoms with Crippen LogP contribution in [0.2, 0.25) is 0 Å². The van der Waals surface area contributed by atoms with Crippen molar-refractivity contribution < 1.29 is 18.5 Å². The maximum absolute atomic E-state index is 13.8. The Bertz CT molecular complexity index is 816. The van der Waals surface area contributed by atoms with Crippen LogP contribution < -0.4 is 0 Å². The van der Waals surface area contributed by atoms with Gasteiger partial charge in [0, 0.05) is 43.1 Å². The van der Waals surface area contributed by atoms with Crippen molar-refractivity contribution in [3.63, 3.8) is 0 Å². The van der Waals surface area contributed by atoms with Crippen molar-refractivity contribution in [2.24, 2.45) is 0 Å². The second-order valence-corrected chi connectivity index (χ2v) is 7.16. The van der Waals surface area contributed by atoms with Crippen molar-refractivity contribution in [1.82, 2.24) is 15.0 Å². The molecule has 1 aliphatic heterocycles. The molecule has 3 rings (SSSR count). The van der Waals surface area contributed by atoms with E-state index < -0.39 is 0 Å². The first-order valence-electron chi connectivity index (χ1n) is 8.38. The van der Waals surface area contributed by atoms with Gasteiger partial charge in [-0.15, -0.1) is 0 Å². The summed E-state index contributed by atoms with van der Waals surface area (Å²) in [7, 11) is 0. The molecule has 1 aromatic heterocycles. The number of halogens is 2. The van der Waals surface area contributed by atoms with Gasteiger partial charge in [0.2, 0.25) is 11.7 Å². The lowest BCUT2D eigenvalue weighted by molar-refractivity contribution is -0.132. The fraction of sp³-hybridized carbons (Fsp3) is 0.389. The maximum Gasteiger partial charge on any atom is 0.292 e. The molecule has 0 radical (unpaired) electrons. The van der Waals surface area contributed by atoms with Gasteiger partial charge in [-0.25, -0.2) is 4.39 Å². The number of benzene rings is 1. The second-order valence-electron chi connectivity index (χ2n) is 6.24. The lowest BCUT2D eigenvalue weighted by Gasteiger charge is -2.34. The minimum Gasteiger partial charge on any atom is -0.351 e. The molecule has 0 bridgehead atoms. The lowest BCUT2D eigenvalue weighted by atomic mass is 10.1. The molecular formula is C18H19BrFN3O3. The average Bonchev–Trinajstić information content (AvgIpc) is 3.06. The van der Waals surface area contributed by atoms with Gasteiger partial charge >= 0.3 is 0 Å². The minimum absolute atomic E-state index is 0.0325. The highest BCUT2D eigenvalue weighted by Gasteiger charge is 2.26. The normalized spacial score (nSPS) is 14.6. The van der Waals surface area contributed by atoms with E-state index in [0.717, 1.165) is 0 Å². The molecule has 0 aliphatic carbocycles. The largest absolute Gasteiger partial charge is 0.351 e. The molecule has 2 heterocycles. The highest BCUT2D eigenvalue weighted by atomic mass is 79.9. The van der Waals surface area contributed by atoms with E-state index in [0.29, 0.717) is 48.3 Å². The van der Waals surface area contributed by atoms with Gasteiger partial charge in [-0.3, -0.25) is 9.59 Å². The van der Waals surface area contributed by atoms with E-state index in [1.54, 1.807) is 34.9 Å². The van der Waals surface area contributed by atoms with Gasteiger partial charge in [0.05, 0.1) is 5.69 Å². The van der Waals surface area contributed by atoms with Crippen molar-refractivity contribution in [2.45, 2.75) is 19.8 Å². The van der Waals surface area contributed by atoms with Crippen LogP contribution >= 0.6 is 15.9 Å². The molecule has 1 saturated heterocycles. The van der Waals surface area contributed by atoms with Crippen LogP contribution in [-0.4, -0.2) is 52.9 Å². The number of piperazine rings is 1. The van der Waals surface area contributed by atoms with E-state index in [4.69, 9.17) is 4.52 Å². The van der Waals surface area contributed by atoms with Crippen LogP contribution in [0.4, 0.5) is 4.39 Å². The third-order valence-electron chi connectivity index (χ3n) is 4.38. The van der Waals surface area contributed by atoms with Crippen molar-refractivity contribution in [1.29, 1.82) is 0 Å². The molecule has 0 atom stereocenters. The first kappa shape index (κ1) is 18.6. The molecule has 0 N–H and O–H groups in total. The number of hydrogen-bond acceptors (Lipinski definition) is 4. The van der Waals surface area contributed by atoms with E-state index in [2.05, 4.69) is 21.1 Å². The van der Waals surface area contributed by atoms with Gasteiger partial charge in [-0.1, -0.05) is 27.2 Å². The first-order chi connectivity index (χ1) is 12.4. The first-order valence-corrected chi connectivity index (χ1v) is 9.17. The molecule has 0 unspecified atom stereocenters. The zero-order valence-electron chi connectivity index (χ0n) is 14.4. The molecule has 1 aromatic carbocycles. The SMILES string of the molecule is Cc1cc(C(=O)N2CCN(C(=O)CCc3ccc(Br)cc3F)CC2)on1. The predicted molar refractivity (Wildman–Crippen MR) is 96.1 cm³/mol. The number of carbonyl (C=O) groups is 2. The van der Waals surface area contributed by atoms with Gasteiger partial charge in [0.1, 0.15) is 5.82 Å². The Morgan fingerprint density at radius 3 is 2.50 bits per heavy atom. The number of amides is 2. The molecule has 6 nitrogen and oxygen atoms in total. The van der Waals surface area contributed by atoms with Gasteiger partial charge in [-0.05, 0) is 31.0 Å². The molecule has 0 saturated carbocycles. The van der Waals surface area contributed by atoms with Crippen molar-refractivity contribution in [3.05, 3.63) is 51.6 Å². The van der Waals surface area contributed by atoms with Crippen molar-refractivity contribution in [2.75, 3.05) is 26.2 Å². The van der Waals surface area contributed by atoms with Crippen LogP contribution in [0.3, 0.4) is 0 Å². The topological polar surface area (TPSA) is 66.7 Å². The summed E-state index contributed by atoms with van der Waals surface area (Å²) in [6.07, 6.45) is 0.599. The van der Waals surface area contributed by atoms with E-state index in [9.17, 15) is 14.0 Å². The number of hydrogen-bond donors (Lipinski definition) is 0. The van der Waals surface area contributed by atoms with Gasteiger partial charge in [-0.2, -0.15) is 0 Å². The molecule has 8 heteroatoms. The predicted octanol–water partition coefficient (Wildman–Crippen LogP) is 2.80. The molecule has 1 fully saturated rings. The summed E-state index contributed by atoms with van der Waals surface area (Å²) in [5.74, 6) is -0.345. The fourth-order valence-corrected chi connectivity index (χ4v) is 3.24. The standard InChI is InChI=1S/C18H19BrFN3O3/c1-12-10-16(26-21-12)18(25)23-8-6-22(7-9-23)17(24)5-3-13-2-4-14(19)11-15(13)20/h2,4,10-11H,3,5-9H2,1H3. The summed E-state index contributed by atoms with van der Waals surface area (Å²) < 4.78 is 19.5. The number of rotatable bonds is 4. The summed E-state index contributed by atoms with van der Waals surface area (Å²) in [5.41, 5.74) is 1.18. The number of nitrogens with zero attached hydrogens (tertiary/aromatic N) is 3. The maximum atomic E-state index is 13.8. The van der Waals surface area contributed by atoms with Crippen LogP contribution in [0.5, 0.6) is 0 Å². The number of carbonyl (C=O) groups excluding carboxylic acids is 2. The Kier molecular flexibility index (Phi) is 5.70. The smallest absolute Gasteiger partial charge is 0.292 e. The van der Waals surface area contributed by atoms with Crippen LogP contribution in [-0.2, 0) is 11.2 Å². The quantitative estimate of drug-likeness (QED) is 0.757. The third kappa shape index (κ3) is 4.30. The minimum atomic E-state index is -0.315. The molecule has 26 heavy (non-hydrogen) atoms. The number of aryl methyl sites for hydroxylation is 2. The molecule has 138 valence electrons. The summed E-state index contributed by atoms with van der Waals surface area (Å²) in [6, 6.07) is 6.45. The lowest BCUT2D eigenvalue weighted by Crippen LogP contribution is -2.50. The van der Waals surface area contributed by atoms with Gasteiger partial charge in [0.15, 0.2) is 0 Å². The summed E-state index contributed by atoms with van der Waals surface area (Å²) in [4.78, 5) is 28.0. The Morgan fingerprint density at radius 1 is 1.19 bits per heavy atom. The second kappa shape index (κ2) is 7.99. The average molecular weight is 424 g/mol. The van der Waals surface area contributed by atoms with Crippen LogP contribution in [0.1, 0.15) is 28.2 Å². The highest BCUT2D eigenvalue weighted by molar-refractivity contribution is 9.10. The Balaban J connectivity index is 1.49. The number of aromatic nitrogens is 1. The summed E-state index contributed by atoms with van der Waals surface area (Å²) in [5, 5.41) is 3.72. The van der Waals surface area contributed by atoms with E-state index >= 15 is 0 Å². The van der Waals surface area contributed by atoms with Gasteiger partial charge in [0.25, 0.3) is 5.91 Å². The third-order valence-corrected chi connectivity index (χ3v) is 4.87. The van der Waals surface area contributed by atoms with Crippen molar-refractivity contribution >= 4 is 27.7 Å². The monoisotopic (exact) mass is 423 g/mol. The molecule has 0 spiro atoms. The van der Waals surface area contributed by atoms with Crippen LogP contribution in [0, 0.1) is 12.7 Å². The van der Waals surface area contributed by atoms with Gasteiger partial charge < -0.3 is 14.3 Å². The Labute approximate surface area is 159 Å². The zero-order valence-corrected chi connectivity index (χ0v) is 16.0. The molecule has 1 aliphatic rings. The molecular weight excluding hydrogens is 405 g/mol. The molecule has 2 amide bonds. The summed E-state index contributed by atoms with van der Waals surface area (Å²) >= 11 is 3.22. The summed E-state index contributed by atoms with van der Waals surface area (Å²) in [6.45, 7) is 3.56. The highest BCUT2D eigenvalue weighted by Crippen LogP contribution is 2.17. The van der Waals surface area contributed by atoms with Crippen molar-refractivity contribution in [3.8, 4) is 0 Å². The zero-order chi connectivity index (χ0) is 18.7. The van der Waals surface area contributed by atoms with E-state index in [1.165, 1.54) is 6.07 Å².